The Kier molecular flexibility index (Phi) is 3.50. The number of hydrogen-bond acceptors (Lipinski definition) is 1. The Hall–Kier alpha value is -3.45. The van der Waals surface area contributed by atoms with E-state index in [0.717, 1.165) is 22.5 Å². The first-order chi connectivity index (χ1) is 12.9. The number of hydrogen-bond donors (Lipinski definition) is 0. The fraction of sp³-hybridized carbons (Fsp3) is 0. The van der Waals surface area contributed by atoms with Gasteiger partial charge in [0.2, 0.25) is 0 Å². The molecule has 1 radical (unpaired) electrons. The van der Waals surface area contributed by atoms with Gasteiger partial charge in [0, 0.05) is 11.1 Å². The molecular formula is C25H16N. The van der Waals surface area contributed by atoms with E-state index in [0.29, 0.717) is 0 Å². The molecule has 0 atom stereocenters. The lowest BCUT2D eigenvalue weighted by atomic mass is 10.0. The van der Waals surface area contributed by atoms with Crippen molar-refractivity contribution in [2.45, 2.75) is 0 Å². The number of aromatic nitrogens is 1. The minimum atomic E-state index is 0.946. The summed E-state index contributed by atoms with van der Waals surface area (Å²) in [6, 6.07) is 36.9. The molecule has 5 aromatic rings. The van der Waals surface area contributed by atoms with Gasteiger partial charge in [-0.3, -0.25) is 0 Å². The molecule has 26 heavy (non-hydrogen) atoms. The predicted octanol–water partition coefficient (Wildman–Crippen LogP) is 6.52. The van der Waals surface area contributed by atoms with Crippen LogP contribution in [0.4, 0.5) is 0 Å². The minimum Gasteiger partial charge on any atom is -0.248 e. The molecule has 0 spiro atoms. The van der Waals surface area contributed by atoms with Crippen LogP contribution in [0.3, 0.4) is 0 Å². The first kappa shape index (κ1) is 14.9. The Morgan fingerprint density at radius 1 is 0.500 bits per heavy atom. The van der Waals surface area contributed by atoms with Crippen molar-refractivity contribution in [2.75, 3.05) is 0 Å². The monoisotopic (exact) mass is 330 g/mol. The summed E-state index contributed by atoms with van der Waals surface area (Å²) in [5.41, 5.74) is 4.12. The second kappa shape index (κ2) is 6.12. The molecule has 1 aromatic heterocycles. The maximum atomic E-state index is 4.90. The largest absolute Gasteiger partial charge is 0.248 e. The second-order valence-electron chi connectivity index (χ2n) is 6.46. The molecule has 121 valence electrons. The molecule has 0 fully saturated rings. The summed E-state index contributed by atoms with van der Waals surface area (Å²) < 4.78 is 0. The maximum absolute atomic E-state index is 4.90. The lowest BCUT2D eigenvalue weighted by Gasteiger charge is -2.07. The Balaban J connectivity index is 1.60. The highest BCUT2D eigenvalue weighted by molar-refractivity contribution is 5.88. The molecule has 1 nitrogen and oxygen atoms in total. The van der Waals surface area contributed by atoms with Crippen LogP contribution in [0, 0.1) is 6.07 Å². The normalized spacial score (nSPS) is 11.1. The number of rotatable bonds is 2. The number of pyridine rings is 1. The summed E-state index contributed by atoms with van der Waals surface area (Å²) in [6.07, 6.45) is 0. The van der Waals surface area contributed by atoms with Gasteiger partial charge in [-0.05, 0) is 51.9 Å². The highest BCUT2D eigenvalue weighted by atomic mass is 14.7. The molecule has 0 saturated heterocycles. The summed E-state index contributed by atoms with van der Waals surface area (Å²) >= 11 is 0. The molecule has 0 aliphatic carbocycles. The van der Waals surface area contributed by atoms with Crippen LogP contribution < -0.4 is 0 Å². The van der Waals surface area contributed by atoms with E-state index in [2.05, 4.69) is 91.0 Å². The van der Waals surface area contributed by atoms with Crippen molar-refractivity contribution >= 4 is 21.5 Å². The van der Waals surface area contributed by atoms with E-state index in [1.54, 1.807) is 0 Å². The van der Waals surface area contributed by atoms with Gasteiger partial charge in [-0.1, -0.05) is 72.8 Å². The molecule has 5 rings (SSSR count). The van der Waals surface area contributed by atoms with Gasteiger partial charge in [0.05, 0.1) is 11.4 Å². The van der Waals surface area contributed by atoms with Crippen LogP contribution >= 0.6 is 0 Å². The molecule has 0 saturated carbocycles. The Morgan fingerprint density at radius 2 is 0.962 bits per heavy atom. The third-order valence-electron chi connectivity index (χ3n) is 4.77. The van der Waals surface area contributed by atoms with Crippen molar-refractivity contribution in [1.82, 2.24) is 4.98 Å². The molecule has 0 bridgehead atoms. The van der Waals surface area contributed by atoms with Gasteiger partial charge < -0.3 is 0 Å². The van der Waals surface area contributed by atoms with Crippen molar-refractivity contribution in [3.8, 4) is 22.5 Å². The van der Waals surface area contributed by atoms with Crippen molar-refractivity contribution in [3.05, 3.63) is 103 Å². The standard InChI is InChI=1S/C25H16N/c1-3-8-20-16-22(14-12-18(20)6-1)24-10-5-11-25(26-24)23-15-13-19-7-2-4-9-21(19)17-23/h1-4,6-17H. The van der Waals surface area contributed by atoms with Gasteiger partial charge >= 0.3 is 0 Å². The van der Waals surface area contributed by atoms with Gasteiger partial charge in [0.15, 0.2) is 0 Å². The van der Waals surface area contributed by atoms with Gasteiger partial charge in [-0.15, -0.1) is 0 Å². The fourth-order valence-corrected chi connectivity index (χ4v) is 3.39. The first-order valence-corrected chi connectivity index (χ1v) is 8.73. The number of nitrogens with zero attached hydrogens (tertiary/aromatic N) is 1. The lowest BCUT2D eigenvalue weighted by Crippen LogP contribution is -1.88. The smallest absolute Gasteiger partial charge is 0.0715 e. The number of fused-ring (bicyclic) bond motifs is 2. The lowest BCUT2D eigenvalue weighted by molar-refractivity contribution is 1.32. The zero-order valence-corrected chi connectivity index (χ0v) is 14.2. The van der Waals surface area contributed by atoms with Crippen molar-refractivity contribution < 1.29 is 0 Å². The zero-order chi connectivity index (χ0) is 17.3. The SMILES string of the molecule is [c]1cc(-c2ccc3ccccc3c2)nc(-c2ccc3ccccc3c2)c1. The molecule has 0 N–H and O–H groups in total. The first-order valence-electron chi connectivity index (χ1n) is 8.73. The van der Waals surface area contributed by atoms with E-state index in [-0.39, 0.29) is 0 Å². The van der Waals surface area contributed by atoms with E-state index in [1.807, 2.05) is 12.1 Å². The highest BCUT2D eigenvalue weighted by Crippen LogP contribution is 2.27. The summed E-state index contributed by atoms with van der Waals surface area (Å²) in [6.45, 7) is 0. The fourth-order valence-electron chi connectivity index (χ4n) is 3.39. The van der Waals surface area contributed by atoms with Crippen LogP contribution in [0.15, 0.2) is 97.1 Å². The predicted molar refractivity (Wildman–Crippen MR) is 109 cm³/mol. The summed E-state index contributed by atoms with van der Waals surface area (Å²) in [4.78, 5) is 4.90. The van der Waals surface area contributed by atoms with Crippen molar-refractivity contribution in [3.63, 3.8) is 0 Å². The quantitative estimate of drug-likeness (QED) is 0.359. The molecule has 1 heteroatoms. The Labute approximate surface area is 152 Å². The van der Waals surface area contributed by atoms with Crippen molar-refractivity contribution in [1.29, 1.82) is 0 Å². The van der Waals surface area contributed by atoms with Crippen LogP contribution in [0.25, 0.3) is 44.1 Å². The van der Waals surface area contributed by atoms with E-state index in [1.165, 1.54) is 21.5 Å². The maximum Gasteiger partial charge on any atom is 0.0715 e. The summed E-state index contributed by atoms with van der Waals surface area (Å²) in [7, 11) is 0. The summed E-state index contributed by atoms with van der Waals surface area (Å²) in [5.74, 6) is 0. The average Bonchev–Trinajstić information content (AvgIpc) is 2.73. The molecule has 0 unspecified atom stereocenters. The van der Waals surface area contributed by atoms with Gasteiger partial charge in [-0.2, -0.15) is 0 Å². The third kappa shape index (κ3) is 2.64. The van der Waals surface area contributed by atoms with E-state index >= 15 is 0 Å². The van der Waals surface area contributed by atoms with Crippen LogP contribution in [0.5, 0.6) is 0 Å². The van der Waals surface area contributed by atoms with Crippen molar-refractivity contribution in [2.24, 2.45) is 0 Å². The summed E-state index contributed by atoms with van der Waals surface area (Å²) in [5, 5.41) is 4.93. The average molecular weight is 330 g/mol. The molecule has 4 aromatic carbocycles. The number of benzene rings is 4. The van der Waals surface area contributed by atoms with Crippen LogP contribution in [0.1, 0.15) is 0 Å². The van der Waals surface area contributed by atoms with E-state index in [4.69, 9.17) is 4.98 Å². The second-order valence-corrected chi connectivity index (χ2v) is 6.46. The van der Waals surface area contributed by atoms with Gasteiger partial charge in [0.1, 0.15) is 0 Å². The van der Waals surface area contributed by atoms with Crippen LogP contribution in [-0.2, 0) is 0 Å². The van der Waals surface area contributed by atoms with E-state index in [9.17, 15) is 0 Å². The van der Waals surface area contributed by atoms with Crippen LogP contribution in [-0.4, -0.2) is 4.98 Å². The van der Waals surface area contributed by atoms with Crippen LogP contribution in [0.2, 0.25) is 0 Å². The molecule has 0 aliphatic rings. The Morgan fingerprint density at radius 3 is 1.46 bits per heavy atom. The minimum absolute atomic E-state index is 0.946. The molecule has 1 heterocycles. The Bertz CT molecular complexity index is 1140. The zero-order valence-electron chi connectivity index (χ0n) is 14.2. The molecular weight excluding hydrogens is 314 g/mol. The van der Waals surface area contributed by atoms with Gasteiger partial charge in [0.25, 0.3) is 0 Å². The third-order valence-corrected chi connectivity index (χ3v) is 4.77. The van der Waals surface area contributed by atoms with Gasteiger partial charge in [-0.25, -0.2) is 4.98 Å². The molecule has 0 aliphatic heterocycles. The highest BCUT2D eigenvalue weighted by Gasteiger charge is 2.05. The van der Waals surface area contributed by atoms with E-state index < -0.39 is 0 Å². The molecule has 0 amide bonds. The topological polar surface area (TPSA) is 12.9 Å².